The fourth-order valence-corrected chi connectivity index (χ4v) is 3.21. The van der Waals surface area contributed by atoms with Crippen LogP contribution in [0.15, 0.2) is 23.2 Å². The summed E-state index contributed by atoms with van der Waals surface area (Å²) < 4.78 is 36.2. The van der Waals surface area contributed by atoms with Gasteiger partial charge < -0.3 is 10.6 Å². The quantitative estimate of drug-likeness (QED) is 0.334. The summed E-state index contributed by atoms with van der Waals surface area (Å²) in [6.07, 6.45) is 1.97. The van der Waals surface area contributed by atoms with Gasteiger partial charge in [0.1, 0.15) is 5.82 Å². The molecule has 0 atom stereocenters. The predicted octanol–water partition coefficient (Wildman–Crippen LogP) is 2.41. The Kier molecular flexibility index (Phi) is 11.6. The van der Waals surface area contributed by atoms with Gasteiger partial charge in [-0.3, -0.25) is 4.99 Å². The van der Waals surface area contributed by atoms with Crippen LogP contribution in [0.25, 0.3) is 0 Å². The molecule has 5 nitrogen and oxygen atoms in total. The smallest absolute Gasteiger partial charge is 0.191 e. The number of rotatable bonds is 8. The van der Waals surface area contributed by atoms with Crippen LogP contribution in [0.3, 0.4) is 0 Å². The Hall–Kier alpha value is -0.550. The first-order valence-corrected chi connectivity index (χ1v) is 10.5. The Morgan fingerprint density at radius 3 is 2.58 bits per heavy atom. The number of halogens is 2. The van der Waals surface area contributed by atoms with E-state index in [1.165, 1.54) is 12.1 Å². The van der Waals surface area contributed by atoms with Gasteiger partial charge >= 0.3 is 0 Å². The summed E-state index contributed by atoms with van der Waals surface area (Å²) in [5, 5.41) is 6.09. The van der Waals surface area contributed by atoms with Gasteiger partial charge in [-0.15, -0.1) is 24.0 Å². The van der Waals surface area contributed by atoms with E-state index in [-0.39, 0.29) is 41.3 Å². The third kappa shape index (κ3) is 8.52. The van der Waals surface area contributed by atoms with Gasteiger partial charge in [-0.2, -0.15) is 11.8 Å². The third-order valence-corrected chi connectivity index (χ3v) is 5.59. The largest absolute Gasteiger partial charge is 0.355 e. The minimum Gasteiger partial charge on any atom is -0.355 e. The number of hydrogen-bond donors (Lipinski definition) is 2. The fraction of sp³-hybridized carbons (Fsp3) is 0.533. The van der Waals surface area contributed by atoms with E-state index in [9.17, 15) is 12.8 Å². The number of guanidine groups is 1. The molecule has 24 heavy (non-hydrogen) atoms. The molecule has 0 aliphatic rings. The van der Waals surface area contributed by atoms with Crippen LogP contribution < -0.4 is 10.6 Å². The van der Waals surface area contributed by atoms with E-state index < -0.39 is 9.84 Å². The Labute approximate surface area is 165 Å². The normalized spacial score (nSPS) is 11.8. The van der Waals surface area contributed by atoms with Crippen molar-refractivity contribution in [2.24, 2.45) is 4.99 Å². The average molecular weight is 489 g/mol. The number of hydrogen-bond acceptors (Lipinski definition) is 4. The molecule has 138 valence electrons. The van der Waals surface area contributed by atoms with Gasteiger partial charge in [0.25, 0.3) is 0 Å². The SMILES string of the molecule is CCS(=O)(=O)CCNC(=NC)NCc1ccc(F)cc1CSC.I. The standard InChI is InChI=1S/C15H24FN3O2S2.HI/c1-4-23(20,21)8-7-18-15(17-2)19-10-12-5-6-14(16)9-13(12)11-22-3;/h5-6,9H,4,7-8,10-11H2,1-3H3,(H2,17,18,19);1H. The van der Waals surface area contributed by atoms with Gasteiger partial charge in [-0.25, -0.2) is 12.8 Å². The molecule has 0 bridgehead atoms. The molecule has 0 unspecified atom stereocenters. The molecule has 0 saturated carbocycles. The van der Waals surface area contributed by atoms with E-state index >= 15 is 0 Å². The molecular formula is C15H25FIN3O2S2. The molecule has 1 aromatic carbocycles. The Balaban J connectivity index is 0.00000529. The van der Waals surface area contributed by atoms with Crippen LogP contribution in [0.5, 0.6) is 0 Å². The molecule has 0 fully saturated rings. The van der Waals surface area contributed by atoms with Crippen LogP contribution in [-0.4, -0.2) is 45.7 Å². The molecule has 0 spiro atoms. The molecule has 0 radical (unpaired) electrons. The van der Waals surface area contributed by atoms with Crippen LogP contribution in [0, 0.1) is 5.82 Å². The molecule has 0 amide bonds. The second-order valence-corrected chi connectivity index (χ2v) is 8.27. The van der Waals surface area contributed by atoms with E-state index in [0.717, 1.165) is 16.9 Å². The van der Waals surface area contributed by atoms with E-state index in [1.54, 1.807) is 31.8 Å². The van der Waals surface area contributed by atoms with E-state index in [0.29, 0.717) is 19.0 Å². The molecule has 9 heteroatoms. The Morgan fingerprint density at radius 2 is 2.00 bits per heavy atom. The topological polar surface area (TPSA) is 70.6 Å². The van der Waals surface area contributed by atoms with Gasteiger partial charge in [0.2, 0.25) is 0 Å². The van der Waals surface area contributed by atoms with Crippen molar-refractivity contribution in [2.75, 3.05) is 31.4 Å². The second-order valence-electron chi connectivity index (χ2n) is 4.93. The molecule has 1 aromatic rings. The minimum absolute atomic E-state index is 0. The third-order valence-electron chi connectivity index (χ3n) is 3.28. The average Bonchev–Trinajstić information content (AvgIpc) is 2.52. The van der Waals surface area contributed by atoms with Crippen molar-refractivity contribution in [3.63, 3.8) is 0 Å². The molecule has 0 aromatic heterocycles. The monoisotopic (exact) mass is 489 g/mol. The molecule has 0 aliphatic carbocycles. The van der Waals surface area contributed by atoms with Crippen LogP contribution in [0.4, 0.5) is 4.39 Å². The zero-order chi connectivity index (χ0) is 17.3. The Morgan fingerprint density at radius 1 is 1.29 bits per heavy atom. The first-order valence-electron chi connectivity index (χ1n) is 7.33. The van der Waals surface area contributed by atoms with Crippen LogP contribution in [-0.2, 0) is 22.1 Å². The van der Waals surface area contributed by atoms with Crippen molar-refractivity contribution >= 4 is 51.5 Å². The van der Waals surface area contributed by atoms with Crippen molar-refractivity contribution in [3.8, 4) is 0 Å². The van der Waals surface area contributed by atoms with E-state index in [1.807, 2.05) is 6.26 Å². The highest BCUT2D eigenvalue weighted by Crippen LogP contribution is 2.16. The van der Waals surface area contributed by atoms with Gasteiger partial charge in [-0.05, 0) is 29.5 Å². The summed E-state index contributed by atoms with van der Waals surface area (Å²) in [6.45, 7) is 2.43. The highest BCUT2D eigenvalue weighted by atomic mass is 127. The summed E-state index contributed by atoms with van der Waals surface area (Å²) in [7, 11) is -1.38. The van der Waals surface area contributed by atoms with Gasteiger partial charge in [-0.1, -0.05) is 13.0 Å². The summed E-state index contributed by atoms with van der Waals surface area (Å²) in [5.41, 5.74) is 1.93. The molecule has 0 saturated heterocycles. The van der Waals surface area contributed by atoms with Crippen LogP contribution in [0.2, 0.25) is 0 Å². The lowest BCUT2D eigenvalue weighted by Crippen LogP contribution is -2.39. The van der Waals surface area contributed by atoms with Crippen LogP contribution >= 0.6 is 35.7 Å². The van der Waals surface area contributed by atoms with E-state index in [2.05, 4.69) is 15.6 Å². The summed E-state index contributed by atoms with van der Waals surface area (Å²) in [6, 6.07) is 4.73. The highest BCUT2D eigenvalue weighted by molar-refractivity contribution is 14.0. The number of thioether (sulfide) groups is 1. The van der Waals surface area contributed by atoms with Crippen molar-refractivity contribution in [1.29, 1.82) is 0 Å². The van der Waals surface area contributed by atoms with Gasteiger partial charge in [0, 0.05) is 31.6 Å². The van der Waals surface area contributed by atoms with Gasteiger partial charge in [0.05, 0.1) is 5.75 Å². The van der Waals surface area contributed by atoms with Crippen molar-refractivity contribution in [3.05, 3.63) is 35.1 Å². The lowest BCUT2D eigenvalue weighted by Gasteiger charge is -2.14. The van der Waals surface area contributed by atoms with E-state index in [4.69, 9.17) is 0 Å². The van der Waals surface area contributed by atoms with Crippen molar-refractivity contribution < 1.29 is 12.8 Å². The maximum Gasteiger partial charge on any atom is 0.191 e. The number of nitrogens with one attached hydrogen (secondary N) is 2. The van der Waals surface area contributed by atoms with Crippen molar-refractivity contribution in [2.45, 2.75) is 19.2 Å². The zero-order valence-electron chi connectivity index (χ0n) is 14.1. The minimum atomic E-state index is -3.00. The lowest BCUT2D eigenvalue weighted by atomic mass is 10.1. The number of sulfone groups is 1. The van der Waals surface area contributed by atoms with Crippen molar-refractivity contribution in [1.82, 2.24) is 10.6 Å². The van der Waals surface area contributed by atoms with Crippen LogP contribution in [0.1, 0.15) is 18.1 Å². The first kappa shape index (κ1) is 23.4. The molecule has 1 rings (SSSR count). The van der Waals surface area contributed by atoms with Gasteiger partial charge in [0.15, 0.2) is 15.8 Å². The predicted molar refractivity (Wildman–Crippen MR) is 112 cm³/mol. The summed E-state index contributed by atoms with van der Waals surface area (Å²) >= 11 is 1.63. The number of aliphatic imine (C=N–C) groups is 1. The molecule has 0 aliphatic heterocycles. The number of nitrogens with zero attached hydrogens (tertiary/aromatic N) is 1. The summed E-state index contributed by atoms with van der Waals surface area (Å²) in [4.78, 5) is 4.06. The molecular weight excluding hydrogens is 464 g/mol. The lowest BCUT2D eigenvalue weighted by molar-refractivity contribution is 0.595. The maximum atomic E-state index is 13.3. The zero-order valence-corrected chi connectivity index (χ0v) is 18.1. The fourth-order valence-electron chi connectivity index (χ4n) is 1.93. The highest BCUT2D eigenvalue weighted by Gasteiger charge is 2.08. The molecule has 0 heterocycles. The Bertz CT molecular complexity index is 640. The summed E-state index contributed by atoms with van der Waals surface area (Å²) in [5.74, 6) is 1.21. The first-order chi connectivity index (χ1) is 10.9. The molecule has 2 N–H and O–H groups in total. The number of benzene rings is 1. The second kappa shape index (κ2) is 11.9. The maximum absolute atomic E-state index is 13.3.